The number of hydrogen-bond donors (Lipinski definition) is 2. The zero-order valence-corrected chi connectivity index (χ0v) is 10.5. The van der Waals surface area contributed by atoms with Crippen molar-refractivity contribution in [2.45, 2.75) is 26.4 Å². The number of carboxylic acids is 1. The summed E-state index contributed by atoms with van der Waals surface area (Å²) in [6, 6.07) is 1.79. The lowest BCUT2D eigenvalue weighted by Crippen LogP contribution is -2.31. The van der Waals surface area contributed by atoms with Gasteiger partial charge < -0.3 is 10.2 Å². The van der Waals surface area contributed by atoms with E-state index >= 15 is 0 Å². The largest absolute Gasteiger partial charge is 0.477 e. The van der Waals surface area contributed by atoms with Gasteiger partial charge in [0.1, 0.15) is 4.88 Å². The lowest BCUT2D eigenvalue weighted by atomic mass is 10.2. The van der Waals surface area contributed by atoms with Gasteiger partial charge >= 0.3 is 5.97 Å². The first-order valence-corrected chi connectivity index (χ1v) is 5.91. The Bertz CT molecular complexity index is 375. The van der Waals surface area contributed by atoms with Crippen LogP contribution in [0, 0.1) is 6.92 Å². The second kappa shape index (κ2) is 5.43. The third kappa shape index (κ3) is 3.04. The molecule has 0 amide bonds. The maximum absolute atomic E-state index is 10.8. The molecular weight excluding hydrogens is 226 g/mol. The highest BCUT2D eigenvalue weighted by Crippen LogP contribution is 2.23. The van der Waals surface area contributed by atoms with Gasteiger partial charge in [-0.2, -0.15) is 0 Å². The fourth-order valence-corrected chi connectivity index (χ4v) is 2.22. The van der Waals surface area contributed by atoms with E-state index in [-0.39, 0.29) is 12.6 Å². The third-order valence-electron chi connectivity index (χ3n) is 2.67. The van der Waals surface area contributed by atoms with Gasteiger partial charge in [-0.05, 0) is 32.5 Å². The van der Waals surface area contributed by atoms with Crippen molar-refractivity contribution in [2.75, 3.05) is 13.7 Å². The van der Waals surface area contributed by atoms with E-state index in [1.165, 1.54) is 11.3 Å². The van der Waals surface area contributed by atoms with Crippen molar-refractivity contribution in [1.82, 2.24) is 4.90 Å². The number of aryl methyl sites for hydroxylation is 1. The van der Waals surface area contributed by atoms with Crippen LogP contribution in [0.1, 0.15) is 27.0 Å². The summed E-state index contributed by atoms with van der Waals surface area (Å²) in [6.07, 6.45) is 0. The molecule has 0 aliphatic rings. The molecule has 0 aliphatic heterocycles. The van der Waals surface area contributed by atoms with Crippen LogP contribution in [0.5, 0.6) is 0 Å². The number of rotatable bonds is 5. The first-order chi connectivity index (χ1) is 7.45. The van der Waals surface area contributed by atoms with Crippen LogP contribution >= 0.6 is 11.3 Å². The number of likely N-dealkylation sites (N-methyl/N-ethyl adjacent to an activating group) is 1. The molecule has 16 heavy (non-hydrogen) atoms. The Hall–Kier alpha value is -0.910. The Morgan fingerprint density at radius 1 is 1.62 bits per heavy atom. The zero-order chi connectivity index (χ0) is 12.3. The summed E-state index contributed by atoms with van der Waals surface area (Å²) < 4.78 is 0. The standard InChI is InChI=1S/C11H17NO3S/c1-7(6-13)12(3)5-9-4-10(11(14)15)16-8(9)2/h4,7,13H,5-6H2,1-3H3,(H,14,15). The van der Waals surface area contributed by atoms with E-state index in [0.717, 1.165) is 10.4 Å². The molecule has 90 valence electrons. The minimum absolute atomic E-state index is 0.0765. The summed E-state index contributed by atoms with van der Waals surface area (Å²) in [6.45, 7) is 4.62. The average Bonchev–Trinajstić information content (AvgIpc) is 2.59. The van der Waals surface area contributed by atoms with Gasteiger partial charge in [0.25, 0.3) is 0 Å². The molecule has 0 spiro atoms. The van der Waals surface area contributed by atoms with Gasteiger partial charge in [-0.3, -0.25) is 4.90 Å². The Kier molecular flexibility index (Phi) is 4.46. The van der Waals surface area contributed by atoms with Crippen LogP contribution in [0.25, 0.3) is 0 Å². The van der Waals surface area contributed by atoms with Gasteiger partial charge in [0.15, 0.2) is 0 Å². The quantitative estimate of drug-likeness (QED) is 0.824. The first-order valence-electron chi connectivity index (χ1n) is 5.09. The molecular formula is C11H17NO3S. The van der Waals surface area contributed by atoms with Gasteiger partial charge in [-0.15, -0.1) is 11.3 Å². The van der Waals surface area contributed by atoms with E-state index in [1.807, 2.05) is 25.8 Å². The van der Waals surface area contributed by atoms with Crippen molar-refractivity contribution in [3.8, 4) is 0 Å². The van der Waals surface area contributed by atoms with E-state index in [2.05, 4.69) is 0 Å². The molecule has 0 aliphatic carbocycles. The molecule has 2 N–H and O–H groups in total. The van der Waals surface area contributed by atoms with E-state index in [1.54, 1.807) is 6.07 Å². The Labute approximate surface area is 99.1 Å². The fraction of sp³-hybridized carbons (Fsp3) is 0.545. The molecule has 1 aromatic heterocycles. The van der Waals surface area contributed by atoms with Crippen molar-refractivity contribution >= 4 is 17.3 Å². The second-order valence-electron chi connectivity index (χ2n) is 3.94. The number of aliphatic hydroxyl groups is 1. The Morgan fingerprint density at radius 3 is 2.69 bits per heavy atom. The second-order valence-corrected chi connectivity index (χ2v) is 5.20. The van der Waals surface area contributed by atoms with Gasteiger partial charge in [0.05, 0.1) is 6.61 Å². The molecule has 1 atom stereocenters. The summed E-state index contributed by atoms with van der Waals surface area (Å²) in [7, 11) is 1.92. The van der Waals surface area contributed by atoms with Crippen molar-refractivity contribution in [1.29, 1.82) is 0 Å². The van der Waals surface area contributed by atoms with E-state index in [9.17, 15) is 4.79 Å². The van der Waals surface area contributed by atoms with Gasteiger partial charge in [-0.25, -0.2) is 4.79 Å². The normalized spacial score (nSPS) is 13.1. The monoisotopic (exact) mass is 243 g/mol. The van der Waals surface area contributed by atoms with Crippen LogP contribution in [0.15, 0.2) is 6.07 Å². The van der Waals surface area contributed by atoms with E-state index < -0.39 is 5.97 Å². The van der Waals surface area contributed by atoms with Crippen LogP contribution in [0.2, 0.25) is 0 Å². The third-order valence-corrected chi connectivity index (χ3v) is 3.75. The summed E-state index contributed by atoms with van der Waals surface area (Å²) >= 11 is 1.30. The van der Waals surface area contributed by atoms with Crippen molar-refractivity contribution < 1.29 is 15.0 Å². The van der Waals surface area contributed by atoms with E-state index in [0.29, 0.717) is 11.4 Å². The Balaban J connectivity index is 2.77. The zero-order valence-electron chi connectivity index (χ0n) is 9.73. The molecule has 0 aromatic carbocycles. The highest BCUT2D eigenvalue weighted by Gasteiger charge is 2.14. The number of aromatic carboxylic acids is 1. The van der Waals surface area contributed by atoms with Crippen LogP contribution in [0.4, 0.5) is 0 Å². The molecule has 1 unspecified atom stereocenters. The minimum Gasteiger partial charge on any atom is -0.477 e. The minimum atomic E-state index is -0.878. The lowest BCUT2D eigenvalue weighted by molar-refractivity contribution is 0.0702. The summed E-state index contributed by atoms with van der Waals surface area (Å²) in [5.41, 5.74) is 1.02. The number of nitrogens with zero attached hydrogens (tertiary/aromatic N) is 1. The molecule has 4 nitrogen and oxygen atoms in total. The molecule has 0 radical (unpaired) electrons. The van der Waals surface area contributed by atoms with Crippen molar-refractivity contribution in [3.05, 3.63) is 21.4 Å². The number of aliphatic hydroxyl groups excluding tert-OH is 1. The van der Waals surface area contributed by atoms with E-state index in [4.69, 9.17) is 10.2 Å². The number of carboxylic acid groups (broad SMARTS) is 1. The van der Waals surface area contributed by atoms with Crippen LogP contribution in [-0.4, -0.2) is 40.8 Å². The van der Waals surface area contributed by atoms with Gasteiger partial charge in [0, 0.05) is 17.5 Å². The summed E-state index contributed by atoms with van der Waals surface area (Å²) in [5.74, 6) is -0.878. The Morgan fingerprint density at radius 2 is 2.25 bits per heavy atom. The van der Waals surface area contributed by atoms with Gasteiger partial charge in [-0.1, -0.05) is 0 Å². The van der Waals surface area contributed by atoms with Crippen molar-refractivity contribution in [2.24, 2.45) is 0 Å². The molecule has 1 heterocycles. The van der Waals surface area contributed by atoms with Crippen LogP contribution in [-0.2, 0) is 6.54 Å². The molecule has 1 aromatic rings. The SMILES string of the molecule is Cc1sc(C(=O)O)cc1CN(C)C(C)CO. The first kappa shape index (κ1) is 13.2. The van der Waals surface area contributed by atoms with Crippen molar-refractivity contribution in [3.63, 3.8) is 0 Å². The molecule has 0 bridgehead atoms. The molecule has 5 heteroatoms. The average molecular weight is 243 g/mol. The number of thiophene rings is 1. The smallest absolute Gasteiger partial charge is 0.345 e. The topological polar surface area (TPSA) is 60.8 Å². The maximum atomic E-state index is 10.8. The number of hydrogen-bond acceptors (Lipinski definition) is 4. The summed E-state index contributed by atoms with van der Waals surface area (Å²) in [4.78, 5) is 14.2. The maximum Gasteiger partial charge on any atom is 0.345 e. The van der Waals surface area contributed by atoms with Crippen LogP contribution in [0.3, 0.4) is 0 Å². The number of carbonyl (C=O) groups is 1. The highest BCUT2D eigenvalue weighted by atomic mass is 32.1. The van der Waals surface area contributed by atoms with Gasteiger partial charge in [0.2, 0.25) is 0 Å². The molecule has 1 rings (SSSR count). The van der Waals surface area contributed by atoms with Crippen LogP contribution < -0.4 is 0 Å². The molecule has 0 fully saturated rings. The predicted molar refractivity (Wildman–Crippen MR) is 64.0 cm³/mol. The predicted octanol–water partition coefficient (Wildman–Crippen LogP) is 1.57. The highest BCUT2D eigenvalue weighted by molar-refractivity contribution is 7.14. The summed E-state index contributed by atoms with van der Waals surface area (Å²) in [5, 5.41) is 17.9. The lowest BCUT2D eigenvalue weighted by Gasteiger charge is -2.22. The fourth-order valence-electron chi connectivity index (χ4n) is 1.35. The molecule has 0 saturated carbocycles. The molecule has 0 saturated heterocycles.